The lowest BCUT2D eigenvalue weighted by Crippen LogP contribution is -2.47. The largest absolute Gasteiger partial charge is 0.379 e. The number of hydrogen-bond donors (Lipinski definition) is 1. The summed E-state index contributed by atoms with van der Waals surface area (Å²) in [6.07, 6.45) is 3.12. The Morgan fingerprint density at radius 2 is 1.92 bits per heavy atom. The third-order valence-electron chi connectivity index (χ3n) is 4.76. The first kappa shape index (κ1) is 16.3. The van der Waals surface area contributed by atoms with Gasteiger partial charge in [-0.25, -0.2) is 9.67 Å². The molecule has 1 aromatic heterocycles. The molecule has 6 nitrogen and oxygen atoms in total. The van der Waals surface area contributed by atoms with E-state index in [1.807, 2.05) is 53.4 Å². The van der Waals surface area contributed by atoms with Crippen molar-refractivity contribution < 1.29 is 4.79 Å². The number of aromatic nitrogens is 3. The molecule has 0 saturated carbocycles. The van der Waals surface area contributed by atoms with Crippen LogP contribution in [0.3, 0.4) is 0 Å². The standard InChI is InChI=1S/C20H21N5O/c1-14(2)18-11-24(19-6-4-3-5-17(19)23-18)20(26)15-7-9-16(10-8-15)25-13-21-12-22-25/h3-10,12-14,18,23H,11H2,1-2H3/t18-/m0/s1. The quantitative estimate of drug-likeness (QED) is 0.789. The van der Waals surface area contributed by atoms with Gasteiger partial charge in [-0.15, -0.1) is 0 Å². The molecule has 132 valence electrons. The third-order valence-corrected chi connectivity index (χ3v) is 4.76. The lowest BCUT2D eigenvalue weighted by Gasteiger charge is -2.37. The van der Waals surface area contributed by atoms with Crippen molar-refractivity contribution in [2.24, 2.45) is 5.92 Å². The number of amides is 1. The second-order valence-corrected chi connectivity index (χ2v) is 6.81. The summed E-state index contributed by atoms with van der Waals surface area (Å²) < 4.78 is 1.67. The summed E-state index contributed by atoms with van der Waals surface area (Å²) in [7, 11) is 0. The molecule has 0 aliphatic carbocycles. The monoisotopic (exact) mass is 347 g/mol. The van der Waals surface area contributed by atoms with Crippen LogP contribution < -0.4 is 10.2 Å². The van der Waals surface area contributed by atoms with Crippen molar-refractivity contribution in [3.05, 3.63) is 66.7 Å². The first-order valence-corrected chi connectivity index (χ1v) is 8.76. The van der Waals surface area contributed by atoms with E-state index in [2.05, 4.69) is 29.2 Å². The van der Waals surface area contributed by atoms with Gasteiger partial charge in [0.2, 0.25) is 0 Å². The van der Waals surface area contributed by atoms with E-state index in [0.29, 0.717) is 18.0 Å². The molecule has 4 rings (SSSR count). The Balaban J connectivity index is 1.64. The number of benzene rings is 2. The Bertz CT molecular complexity index is 902. The smallest absolute Gasteiger partial charge is 0.258 e. The molecule has 1 amide bonds. The normalized spacial score (nSPS) is 16.3. The Morgan fingerprint density at radius 3 is 2.62 bits per heavy atom. The van der Waals surface area contributed by atoms with Crippen molar-refractivity contribution >= 4 is 17.3 Å². The average molecular weight is 347 g/mol. The van der Waals surface area contributed by atoms with E-state index in [4.69, 9.17) is 0 Å². The topological polar surface area (TPSA) is 63.1 Å². The number of anilines is 2. The van der Waals surface area contributed by atoms with Gasteiger partial charge in [0, 0.05) is 18.2 Å². The first-order valence-electron chi connectivity index (χ1n) is 8.76. The van der Waals surface area contributed by atoms with Gasteiger partial charge in [0.05, 0.1) is 17.1 Å². The molecule has 0 saturated heterocycles. The Hall–Kier alpha value is -3.15. The van der Waals surface area contributed by atoms with Crippen molar-refractivity contribution in [2.45, 2.75) is 19.9 Å². The van der Waals surface area contributed by atoms with E-state index in [1.165, 1.54) is 6.33 Å². The summed E-state index contributed by atoms with van der Waals surface area (Å²) >= 11 is 0. The summed E-state index contributed by atoms with van der Waals surface area (Å²) in [5.74, 6) is 0.433. The van der Waals surface area contributed by atoms with Crippen LogP contribution in [0.2, 0.25) is 0 Å². The molecular weight excluding hydrogens is 326 g/mol. The first-order chi connectivity index (χ1) is 12.6. The molecule has 1 aliphatic heterocycles. The van der Waals surface area contributed by atoms with Crippen molar-refractivity contribution in [2.75, 3.05) is 16.8 Å². The maximum absolute atomic E-state index is 13.2. The van der Waals surface area contributed by atoms with Crippen molar-refractivity contribution in [3.63, 3.8) is 0 Å². The maximum atomic E-state index is 13.2. The van der Waals surface area contributed by atoms with Crippen LogP contribution in [-0.4, -0.2) is 33.3 Å². The molecule has 1 atom stereocenters. The molecule has 1 aliphatic rings. The van der Waals surface area contributed by atoms with E-state index >= 15 is 0 Å². The van der Waals surface area contributed by atoms with Crippen LogP contribution in [0, 0.1) is 5.92 Å². The number of carbonyl (C=O) groups excluding carboxylic acids is 1. The van der Waals surface area contributed by atoms with Gasteiger partial charge in [-0.2, -0.15) is 5.10 Å². The number of rotatable bonds is 3. The SMILES string of the molecule is CC(C)[C@@H]1CN(C(=O)c2ccc(-n3cncn3)cc2)c2ccccc2N1. The van der Waals surface area contributed by atoms with Gasteiger partial charge in [0.15, 0.2) is 0 Å². The second kappa shape index (κ2) is 6.63. The summed E-state index contributed by atoms with van der Waals surface area (Å²) in [5, 5.41) is 7.66. The zero-order valence-electron chi connectivity index (χ0n) is 14.8. The van der Waals surface area contributed by atoms with Crippen LogP contribution in [-0.2, 0) is 0 Å². The fraction of sp³-hybridized carbons (Fsp3) is 0.250. The van der Waals surface area contributed by atoms with E-state index in [0.717, 1.165) is 17.1 Å². The molecule has 0 spiro atoms. The highest BCUT2D eigenvalue weighted by atomic mass is 16.2. The second-order valence-electron chi connectivity index (χ2n) is 6.81. The van der Waals surface area contributed by atoms with Gasteiger partial charge in [0.25, 0.3) is 5.91 Å². The fourth-order valence-electron chi connectivity index (χ4n) is 3.20. The zero-order chi connectivity index (χ0) is 18.1. The molecule has 26 heavy (non-hydrogen) atoms. The van der Waals surface area contributed by atoms with Crippen LogP contribution in [0.5, 0.6) is 0 Å². The highest BCUT2D eigenvalue weighted by molar-refractivity contribution is 6.08. The van der Waals surface area contributed by atoms with Crippen LogP contribution in [0.15, 0.2) is 61.2 Å². The summed E-state index contributed by atoms with van der Waals surface area (Å²) in [4.78, 5) is 19.0. The Labute approximate surface area is 152 Å². The van der Waals surface area contributed by atoms with Crippen LogP contribution in [0.25, 0.3) is 5.69 Å². The number of hydrogen-bond acceptors (Lipinski definition) is 4. The van der Waals surface area contributed by atoms with Crippen molar-refractivity contribution in [3.8, 4) is 5.69 Å². The van der Waals surface area contributed by atoms with Crippen LogP contribution >= 0.6 is 0 Å². The van der Waals surface area contributed by atoms with E-state index in [1.54, 1.807) is 11.0 Å². The van der Waals surface area contributed by atoms with Crippen molar-refractivity contribution in [1.82, 2.24) is 14.8 Å². The van der Waals surface area contributed by atoms with Crippen LogP contribution in [0.1, 0.15) is 24.2 Å². The van der Waals surface area contributed by atoms with Gasteiger partial charge in [-0.05, 0) is 42.3 Å². The molecule has 0 unspecified atom stereocenters. The number of nitrogens with one attached hydrogen (secondary N) is 1. The molecule has 2 aromatic carbocycles. The van der Waals surface area contributed by atoms with Crippen molar-refractivity contribution in [1.29, 1.82) is 0 Å². The molecule has 6 heteroatoms. The minimum absolute atomic E-state index is 0.00902. The van der Waals surface area contributed by atoms with Gasteiger partial charge in [-0.1, -0.05) is 26.0 Å². The number of nitrogens with zero attached hydrogens (tertiary/aromatic N) is 4. The third kappa shape index (κ3) is 2.94. The van der Waals surface area contributed by atoms with Gasteiger partial charge in [0.1, 0.15) is 12.7 Å². The molecule has 2 heterocycles. The van der Waals surface area contributed by atoms with E-state index in [-0.39, 0.29) is 11.9 Å². The average Bonchev–Trinajstić information content (AvgIpc) is 3.21. The summed E-state index contributed by atoms with van der Waals surface area (Å²) in [6, 6.07) is 15.6. The maximum Gasteiger partial charge on any atom is 0.258 e. The fourth-order valence-corrected chi connectivity index (χ4v) is 3.20. The lowest BCUT2D eigenvalue weighted by atomic mass is 9.99. The predicted octanol–water partition coefficient (Wildman–Crippen LogP) is 3.36. The predicted molar refractivity (Wildman–Crippen MR) is 102 cm³/mol. The number of para-hydroxylation sites is 2. The highest BCUT2D eigenvalue weighted by Gasteiger charge is 2.29. The molecule has 0 bridgehead atoms. The Morgan fingerprint density at radius 1 is 1.15 bits per heavy atom. The van der Waals surface area contributed by atoms with Crippen LogP contribution in [0.4, 0.5) is 11.4 Å². The Kier molecular flexibility index (Phi) is 4.16. The van der Waals surface area contributed by atoms with Gasteiger partial charge in [-0.3, -0.25) is 4.79 Å². The van der Waals surface area contributed by atoms with Gasteiger partial charge < -0.3 is 10.2 Å². The van der Waals surface area contributed by atoms with Gasteiger partial charge >= 0.3 is 0 Å². The summed E-state index contributed by atoms with van der Waals surface area (Å²) in [6.45, 7) is 4.99. The van der Waals surface area contributed by atoms with E-state index in [9.17, 15) is 4.79 Å². The minimum Gasteiger partial charge on any atom is -0.379 e. The minimum atomic E-state index is 0.00902. The molecule has 1 N–H and O–H groups in total. The molecule has 0 fully saturated rings. The summed E-state index contributed by atoms with van der Waals surface area (Å²) in [5.41, 5.74) is 3.47. The number of carbonyl (C=O) groups is 1. The molecular formula is C20H21N5O. The van der Waals surface area contributed by atoms with E-state index < -0.39 is 0 Å². The molecule has 3 aromatic rings. The zero-order valence-corrected chi connectivity index (χ0v) is 14.8. The number of fused-ring (bicyclic) bond motifs is 1. The molecule has 0 radical (unpaired) electrons. The highest BCUT2D eigenvalue weighted by Crippen LogP contribution is 2.33. The lowest BCUT2D eigenvalue weighted by molar-refractivity contribution is 0.0983.